The summed E-state index contributed by atoms with van der Waals surface area (Å²) in [5.41, 5.74) is 0.869. The first-order valence-corrected chi connectivity index (χ1v) is 7.19. The van der Waals surface area contributed by atoms with Crippen LogP contribution in [0.3, 0.4) is 0 Å². The Morgan fingerprint density at radius 2 is 1.77 bits per heavy atom. The van der Waals surface area contributed by atoms with Crippen LogP contribution in [0.25, 0.3) is 0 Å². The van der Waals surface area contributed by atoms with E-state index in [2.05, 4.69) is 15.4 Å². The molecule has 0 saturated carbocycles. The topological polar surface area (TPSA) is 84.5 Å². The van der Waals surface area contributed by atoms with E-state index in [0.29, 0.717) is 6.42 Å². The molecule has 0 aliphatic carbocycles. The van der Waals surface area contributed by atoms with E-state index in [9.17, 15) is 14.4 Å². The molecule has 0 spiro atoms. The second kappa shape index (κ2) is 8.81. The van der Waals surface area contributed by atoms with Gasteiger partial charge in [0.1, 0.15) is 12.1 Å². The van der Waals surface area contributed by atoms with Crippen LogP contribution >= 0.6 is 0 Å². The normalized spacial score (nSPS) is 12.9. The molecule has 1 aromatic carbocycles. The van der Waals surface area contributed by atoms with Crippen molar-refractivity contribution >= 4 is 17.8 Å². The maximum absolute atomic E-state index is 12.0. The van der Waals surface area contributed by atoms with Crippen molar-refractivity contribution < 1.29 is 19.1 Å². The highest BCUT2D eigenvalue weighted by molar-refractivity contribution is 5.90. The third kappa shape index (κ3) is 5.55. The zero-order valence-corrected chi connectivity index (χ0v) is 13.1. The number of methoxy groups -OCH3 is 1. The molecule has 0 bridgehead atoms. The lowest BCUT2D eigenvalue weighted by Crippen LogP contribution is -2.50. The summed E-state index contributed by atoms with van der Waals surface area (Å²) >= 11 is 0. The third-order valence-electron chi connectivity index (χ3n) is 3.19. The number of amides is 2. The van der Waals surface area contributed by atoms with E-state index in [0.717, 1.165) is 5.56 Å². The Balaban J connectivity index is 2.49. The van der Waals surface area contributed by atoms with E-state index in [4.69, 9.17) is 0 Å². The van der Waals surface area contributed by atoms with E-state index in [1.54, 1.807) is 13.8 Å². The van der Waals surface area contributed by atoms with Crippen molar-refractivity contribution in [3.63, 3.8) is 0 Å². The molecule has 0 aliphatic heterocycles. The van der Waals surface area contributed by atoms with Gasteiger partial charge in [-0.3, -0.25) is 9.59 Å². The fourth-order valence-electron chi connectivity index (χ4n) is 1.91. The second-order valence-corrected chi connectivity index (χ2v) is 4.94. The summed E-state index contributed by atoms with van der Waals surface area (Å²) in [6.07, 6.45) is 0.621. The van der Waals surface area contributed by atoms with Crippen LogP contribution in [0.5, 0.6) is 0 Å². The fraction of sp³-hybridized carbons (Fsp3) is 0.438. The van der Waals surface area contributed by atoms with Crippen molar-refractivity contribution in [3.8, 4) is 0 Å². The smallest absolute Gasteiger partial charge is 0.328 e. The molecule has 0 radical (unpaired) electrons. The van der Waals surface area contributed by atoms with Gasteiger partial charge in [0, 0.05) is 0 Å². The first kappa shape index (κ1) is 17.7. The summed E-state index contributed by atoms with van der Waals surface area (Å²) in [4.78, 5) is 35.3. The van der Waals surface area contributed by atoms with E-state index in [1.807, 2.05) is 30.3 Å². The number of esters is 1. The quantitative estimate of drug-likeness (QED) is 0.730. The number of carbonyl (C=O) groups excluding carboxylic acids is 3. The van der Waals surface area contributed by atoms with Gasteiger partial charge in [-0.25, -0.2) is 4.79 Å². The van der Waals surface area contributed by atoms with Gasteiger partial charge in [0.15, 0.2) is 0 Å². The molecule has 120 valence electrons. The predicted molar refractivity (Wildman–Crippen MR) is 82.0 cm³/mol. The molecule has 22 heavy (non-hydrogen) atoms. The zero-order valence-electron chi connectivity index (χ0n) is 13.1. The highest BCUT2D eigenvalue weighted by Crippen LogP contribution is 2.00. The highest BCUT2D eigenvalue weighted by atomic mass is 16.5. The molecule has 6 nitrogen and oxygen atoms in total. The molecular weight excluding hydrogens is 284 g/mol. The first-order valence-electron chi connectivity index (χ1n) is 7.19. The molecule has 2 amide bonds. The Kier molecular flexibility index (Phi) is 7.08. The predicted octanol–water partition coefficient (Wildman–Crippen LogP) is 0.802. The summed E-state index contributed by atoms with van der Waals surface area (Å²) in [6, 6.07) is 7.82. The van der Waals surface area contributed by atoms with E-state index in [1.165, 1.54) is 7.11 Å². The molecular formula is C16H22N2O4. The van der Waals surface area contributed by atoms with Gasteiger partial charge < -0.3 is 15.4 Å². The Morgan fingerprint density at radius 3 is 2.32 bits per heavy atom. The third-order valence-corrected chi connectivity index (χ3v) is 3.19. The van der Waals surface area contributed by atoms with Gasteiger partial charge in [-0.05, 0) is 18.9 Å². The average molecular weight is 306 g/mol. The van der Waals surface area contributed by atoms with Crippen molar-refractivity contribution in [1.29, 1.82) is 0 Å². The molecule has 0 aliphatic rings. The molecule has 2 atom stereocenters. The van der Waals surface area contributed by atoms with Crippen molar-refractivity contribution in [1.82, 2.24) is 10.6 Å². The maximum atomic E-state index is 12.0. The van der Waals surface area contributed by atoms with E-state index in [-0.39, 0.29) is 12.3 Å². The number of hydrogen-bond donors (Lipinski definition) is 2. The standard InChI is InChI=1S/C16H22N2O4/c1-4-13(16(21)22-3)18-15(20)11(2)17-14(19)10-12-8-6-5-7-9-12/h5-9,11,13H,4,10H2,1-3H3,(H,17,19)(H,18,20)/t11-,13-/m0/s1. The minimum Gasteiger partial charge on any atom is -0.467 e. The molecule has 2 N–H and O–H groups in total. The van der Waals surface area contributed by atoms with Crippen LogP contribution in [-0.4, -0.2) is 37.0 Å². The van der Waals surface area contributed by atoms with Gasteiger partial charge in [-0.2, -0.15) is 0 Å². The summed E-state index contributed by atoms with van der Waals surface area (Å²) in [7, 11) is 1.27. The summed E-state index contributed by atoms with van der Waals surface area (Å²) in [5.74, 6) is -1.17. The number of carbonyl (C=O) groups is 3. The van der Waals surface area contributed by atoms with Gasteiger partial charge in [0.2, 0.25) is 11.8 Å². The fourth-order valence-corrected chi connectivity index (χ4v) is 1.91. The van der Waals surface area contributed by atoms with Crippen LogP contribution < -0.4 is 10.6 Å². The highest BCUT2D eigenvalue weighted by Gasteiger charge is 2.23. The monoisotopic (exact) mass is 306 g/mol. The molecule has 0 fully saturated rings. The number of nitrogens with one attached hydrogen (secondary N) is 2. The van der Waals surface area contributed by atoms with E-state index >= 15 is 0 Å². The average Bonchev–Trinajstić information content (AvgIpc) is 2.52. The second-order valence-electron chi connectivity index (χ2n) is 4.94. The minimum absolute atomic E-state index is 0.201. The van der Waals surface area contributed by atoms with Crippen LogP contribution in [0, 0.1) is 0 Å². The lowest BCUT2D eigenvalue weighted by Gasteiger charge is -2.18. The van der Waals surface area contributed by atoms with Gasteiger partial charge in [-0.1, -0.05) is 37.3 Å². The van der Waals surface area contributed by atoms with Crippen LogP contribution in [0.15, 0.2) is 30.3 Å². The Hall–Kier alpha value is -2.37. The van der Waals surface area contributed by atoms with Crippen LogP contribution in [0.1, 0.15) is 25.8 Å². The lowest BCUT2D eigenvalue weighted by atomic mass is 10.1. The molecule has 6 heteroatoms. The molecule has 0 unspecified atom stereocenters. The van der Waals surface area contributed by atoms with Gasteiger partial charge in [0.05, 0.1) is 13.5 Å². The van der Waals surface area contributed by atoms with Crippen molar-refractivity contribution in [3.05, 3.63) is 35.9 Å². The first-order chi connectivity index (χ1) is 10.5. The summed E-state index contributed by atoms with van der Waals surface area (Å²) < 4.78 is 4.60. The Morgan fingerprint density at radius 1 is 1.14 bits per heavy atom. The minimum atomic E-state index is -0.727. The van der Waals surface area contributed by atoms with Crippen molar-refractivity contribution in [2.75, 3.05) is 7.11 Å². The number of benzene rings is 1. The van der Waals surface area contributed by atoms with Gasteiger partial charge >= 0.3 is 5.97 Å². The molecule has 0 heterocycles. The van der Waals surface area contributed by atoms with Crippen LogP contribution in [0.2, 0.25) is 0 Å². The number of ether oxygens (including phenoxy) is 1. The SMILES string of the molecule is CC[C@H](NC(=O)[C@H](C)NC(=O)Cc1ccccc1)C(=O)OC. The molecule has 1 aromatic rings. The largest absolute Gasteiger partial charge is 0.467 e. The molecule has 0 saturated heterocycles. The van der Waals surface area contributed by atoms with Gasteiger partial charge in [0.25, 0.3) is 0 Å². The summed E-state index contributed by atoms with van der Waals surface area (Å²) in [5, 5.41) is 5.17. The summed E-state index contributed by atoms with van der Waals surface area (Å²) in [6.45, 7) is 3.34. The lowest BCUT2D eigenvalue weighted by molar-refractivity contribution is -0.145. The number of rotatable bonds is 7. The molecule has 0 aromatic heterocycles. The van der Waals surface area contributed by atoms with E-state index < -0.39 is 24.0 Å². The Bertz CT molecular complexity index is 516. The van der Waals surface area contributed by atoms with Crippen molar-refractivity contribution in [2.24, 2.45) is 0 Å². The number of hydrogen-bond acceptors (Lipinski definition) is 4. The Labute approximate surface area is 130 Å². The van der Waals surface area contributed by atoms with Crippen LogP contribution in [-0.2, 0) is 25.5 Å². The zero-order chi connectivity index (χ0) is 16.5. The van der Waals surface area contributed by atoms with Gasteiger partial charge in [-0.15, -0.1) is 0 Å². The molecule has 1 rings (SSSR count). The van der Waals surface area contributed by atoms with Crippen LogP contribution in [0.4, 0.5) is 0 Å². The van der Waals surface area contributed by atoms with Crippen molar-refractivity contribution in [2.45, 2.75) is 38.8 Å². The maximum Gasteiger partial charge on any atom is 0.328 e.